The van der Waals surface area contributed by atoms with Crippen LogP contribution in [0.5, 0.6) is 0 Å². The summed E-state index contributed by atoms with van der Waals surface area (Å²) >= 11 is 0. The second-order valence-electron chi connectivity index (χ2n) is 3.85. The number of methoxy groups -OCH3 is 1. The van der Waals surface area contributed by atoms with Gasteiger partial charge < -0.3 is 10.1 Å². The highest BCUT2D eigenvalue weighted by Gasteiger charge is 2.43. The Bertz CT molecular complexity index is 251. The average molecular weight is 183 g/mol. The summed E-state index contributed by atoms with van der Waals surface area (Å²) in [6, 6.07) is 0.0266. The maximum absolute atomic E-state index is 11.3. The molecular formula is C9H13NO3. The molecule has 1 heterocycles. The van der Waals surface area contributed by atoms with Crippen molar-refractivity contribution >= 4 is 11.9 Å². The normalized spacial score (nSPS) is 37.0. The highest BCUT2D eigenvalue weighted by Crippen LogP contribution is 2.37. The molecule has 4 heteroatoms. The van der Waals surface area contributed by atoms with Crippen LogP contribution in [0.4, 0.5) is 0 Å². The summed E-state index contributed by atoms with van der Waals surface area (Å²) in [4.78, 5) is 22.4. The number of piperidine rings is 1. The number of amides is 1. The van der Waals surface area contributed by atoms with Crippen LogP contribution in [0, 0.1) is 11.8 Å². The van der Waals surface area contributed by atoms with Gasteiger partial charge in [0.25, 0.3) is 0 Å². The number of fused-ring (bicyclic) bond motifs is 2. The van der Waals surface area contributed by atoms with Crippen LogP contribution >= 0.6 is 0 Å². The molecule has 2 bridgehead atoms. The Morgan fingerprint density at radius 3 is 3.00 bits per heavy atom. The lowest BCUT2D eigenvalue weighted by atomic mass is 10.0. The molecule has 1 saturated carbocycles. The van der Waals surface area contributed by atoms with E-state index in [0.29, 0.717) is 12.3 Å². The van der Waals surface area contributed by atoms with Crippen LogP contribution in [0.1, 0.15) is 19.3 Å². The molecule has 2 aliphatic rings. The molecular weight excluding hydrogens is 170 g/mol. The number of nitrogens with one attached hydrogen (secondary N) is 1. The monoisotopic (exact) mass is 183 g/mol. The molecule has 4 nitrogen and oxygen atoms in total. The van der Waals surface area contributed by atoms with Crippen LogP contribution in [0.15, 0.2) is 0 Å². The topological polar surface area (TPSA) is 55.4 Å². The van der Waals surface area contributed by atoms with Crippen molar-refractivity contribution in [3.05, 3.63) is 0 Å². The van der Waals surface area contributed by atoms with Crippen LogP contribution in [-0.2, 0) is 14.3 Å². The molecule has 1 aliphatic carbocycles. The number of carbonyl (C=O) groups excluding carboxylic acids is 2. The standard InChI is InChI=1S/C9H13NO3/c1-13-9(12)6-2-5-3-7(6)10-8(11)4-5/h5-7H,2-4H2,1H3,(H,10,11)/t5-,6+,7-/m0/s1. The summed E-state index contributed by atoms with van der Waals surface area (Å²) in [5.74, 6) is 0.173. The van der Waals surface area contributed by atoms with Crippen molar-refractivity contribution in [3.63, 3.8) is 0 Å². The molecule has 0 aromatic rings. The molecule has 1 amide bonds. The Kier molecular flexibility index (Phi) is 1.98. The minimum atomic E-state index is -0.185. The summed E-state index contributed by atoms with van der Waals surface area (Å²) in [5, 5.41) is 2.83. The van der Waals surface area contributed by atoms with Gasteiger partial charge in [0.05, 0.1) is 13.0 Å². The molecule has 13 heavy (non-hydrogen) atoms. The van der Waals surface area contributed by atoms with Crippen molar-refractivity contribution in [2.24, 2.45) is 11.8 Å². The molecule has 2 fully saturated rings. The Morgan fingerprint density at radius 2 is 2.31 bits per heavy atom. The van der Waals surface area contributed by atoms with E-state index < -0.39 is 0 Å². The third kappa shape index (κ3) is 1.41. The fraction of sp³-hybridized carbons (Fsp3) is 0.778. The van der Waals surface area contributed by atoms with Gasteiger partial charge in [-0.3, -0.25) is 9.59 Å². The van der Waals surface area contributed by atoms with E-state index in [1.165, 1.54) is 7.11 Å². The summed E-state index contributed by atoms with van der Waals surface area (Å²) in [7, 11) is 1.40. The quantitative estimate of drug-likeness (QED) is 0.585. The van der Waals surface area contributed by atoms with E-state index in [2.05, 4.69) is 10.1 Å². The van der Waals surface area contributed by atoms with Gasteiger partial charge in [-0.05, 0) is 18.8 Å². The van der Waals surface area contributed by atoms with E-state index >= 15 is 0 Å². The van der Waals surface area contributed by atoms with Crippen molar-refractivity contribution in [2.45, 2.75) is 25.3 Å². The van der Waals surface area contributed by atoms with Gasteiger partial charge in [-0.2, -0.15) is 0 Å². The SMILES string of the molecule is COC(=O)[C@@H]1C[C@@H]2CC(=O)N[C@H]1C2. The van der Waals surface area contributed by atoms with E-state index in [1.807, 2.05) is 0 Å². The maximum atomic E-state index is 11.3. The first-order chi connectivity index (χ1) is 6.20. The molecule has 0 spiro atoms. The Hall–Kier alpha value is -1.06. The highest BCUT2D eigenvalue weighted by molar-refractivity contribution is 5.81. The van der Waals surface area contributed by atoms with E-state index in [0.717, 1.165) is 12.8 Å². The minimum absolute atomic E-state index is 0.0266. The van der Waals surface area contributed by atoms with Gasteiger partial charge in [-0.1, -0.05) is 0 Å². The van der Waals surface area contributed by atoms with Crippen LogP contribution < -0.4 is 5.32 Å². The number of esters is 1. The molecule has 1 aliphatic heterocycles. The van der Waals surface area contributed by atoms with Gasteiger partial charge in [-0.15, -0.1) is 0 Å². The lowest BCUT2D eigenvalue weighted by Gasteiger charge is -2.21. The fourth-order valence-electron chi connectivity index (χ4n) is 2.41. The van der Waals surface area contributed by atoms with E-state index in [4.69, 9.17) is 0 Å². The molecule has 2 rings (SSSR count). The number of rotatable bonds is 1. The Balaban J connectivity index is 2.09. The van der Waals surface area contributed by atoms with Crippen LogP contribution in [0.3, 0.4) is 0 Å². The van der Waals surface area contributed by atoms with Gasteiger partial charge in [0, 0.05) is 12.5 Å². The van der Waals surface area contributed by atoms with Gasteiger partial charge in [0.1, 0.15) is 0 Å². The van der Waals surface area contributed by atoms with Crippen LogP contribution in [-0.4, -0.2) is 25.0 Å². The van der Waals surface area contributed by atoms with Gasteiger partial charge in [-0.25, -0.2) is 0 Å². The number of hydrogen-bond donors (Lipinski definition) is 1. The summed E-state index contributed by atoms with van der Waals surface area (Å²) in [5.41, 5.74) is 0. The molecule has 0 radical (unpaired) electrons. The fourth-order valence-corrected chi connectivity index (χ4v) is 2.41. The summed E-state index contributed by atoms with van der Waals surface area (Å²) in [6.45, 7) is 0. The van der Waals surface area contributed by atoms with Crippen LogP contribution in [0.2, 0.25) is 0 Å². The predicted octanol–water partition coefficient (Wildman–Crippen LogP) is 0.0741. The molecule has 1 saturated heterocycles. The molecule has 72 valence electrons. The van der Waals surface area contributed by atoms with Crippen molar-refractivity contribution < 1.29 is 14.3 Å². The smallest absolute Gasteiger partial charge is 0.310 e. The second kappa shape index (κ2) is 3.01. The predicted molar refractivity (Wildman–Crippen MR) is 44.8 cm³/mol. The lowest BCUT2D eigenvalue weighted by Crippen LogP contribution is -2.42. The molecule has 0 unspecified atom stereocenters. The van der Waals surface area contributed by atoms with Crippen molar-refractivity contribution in [2.75, 3.05) is 7.11 Å². The molecule has 1 N–H and O–H groups in total. The Labute approximate surface area is 76.6 Å². The first-order valence-corrected chi connectivity index (χ1v) is 4.58. The summed E-state index contributed by atoms with van der Waals surface area (Å²) in [6.07, 6.45) is 2.31. The zero-order valence-electron chi connectivity index (χ0n) is 7.58. The van der Waals surface area contributed by atoms with Gasteiger partial charge in [0.2, 0.25) is 5.91 Å². The Morgan fingerprint density at radius 1 is 1.54 bits per heavy atom. The lowest BCUT2D eigenvalue weighted by molar-refractivity contribution is -0.145. The molecule has 0 aromatic carbocycles. The van der Waals surface area contributed by atoms with Gasteiger partial charge >= 0.3 is 5.97 Å². The number of carbonyl (C=O) groups is 2. The first kappa shape index (κ1) is 8.53. The second-order valence-corrected chi connectivity index (χ2v) is 3.85. The number of ether oxygens (including phenoxy) is 1. The molecule has 3 atom stereocenters. The zero-order chi connectivity index (χ0) is 9.42. The third-order valence-electron chi connectivity index (χ3n) is 2.98. The first-order valence-electron chi connectivity index (χ1n) is 4.58. The average Bonchev–Trinajstić information content (AvgIpc) is 2.40. The largest absolute Gasteiger partial charge is 0.469 e. The third-order valence-corrected chi connectivity index (χ3v) is 2.98. The highest BCUT2D eigenvalue weighted by atomic mass is 16.5. The van der Waals surface area contributed by atoms with Gasteiger partial charge in [0.15, 0.2) is 0 Å². The van der Waals surface area contributed by atoms with E-state index in [9.17, 15) is 9.59 Å². The molecule has 0 aromatic heterocycles. The van der Waals surface area contributed by atoms with Crippen molar-refractivity contribution in [1.82, 2.24) is 5.32 Å². The number of hydrogen-bond acceptors (Lipinski definition) is 3. The zero-order valence-corrected chi connectivity index (χ0v) is 7.58. The minimum Gasteiger partial charge on any atom is -0.469 e. The maximum Gasteiger partial charge on any atom is 0.310 e. The summed E-state index contributed by atoms with van der Waals surface area (Å²) < 4.78 is 4.69. The van der Waals surface area contributed by atoms with E-state index in [1.54, 1.807) is 0 Å². The van der Waals surface area contributed by atoms with Crippen molar-refractivity contribution in [3.8, 4) is 0 Å². The van der Waals surface area contributed by atoms with E-state index in [-0.39, 0.29) is 23.8 Å². The van der Waals surface area contributed by atoms with Crippen LogP contribution in [0.25, 0.3) is 0 Å². The van der Waals surface area contributed by atoms with Crippen molar-refractivity contribution in [1.29, 1.82) is 0 Å².